The lowest BCUT2D eigenvalue weighted by atomic mass is 10.0. The van der Waals surface area contributed by atoms with Crippen LogP contribution in [0.4, 0.5) is 5.69 Å². The molecule has 1 saturated heterocycles. The fourth-order valence-corrected chi connectivity index (χ4v) is 4.44. The Morgan fingerprint density at radius 3 is 2.66 bits per heavy atom. The third-order valence-electron chi connectivity index (χ3n) is 6.60. The lowest BCUT2D eigenvalue weighted by molar-refractivity contribution is -0.117. The van der Waals surface area contributed by atoms with Gasteiger partial charge in [-0.3, -0.25) is 4.79 Å². The first-order valence-corrected chi connectivity index (χ1v) is 10.7. The molecule has 2 aromatic rings. The quantitative estimate of drug-likeness (QED) is 0.776. The molecule has 1 aliphatic heterocycles. The number of nitrogens with one attached hydrogen (secondary N) is 1. The number of benzene rings is 2. The normalized spacial score (nSPS) is 22.3. The Balaban J connectivity index is 1.31. The Labute approximate surface area is 171 Å². The topological polar surface area (TPSA) is 73.6 Å². The molecule has 1 unspecified atom stereocenters. The van der Waals surface area contributed by atoms with Crippen molar-refractivity contribution in [2.75, 3.05) is 18.5 Å². The Hall–Kier alpha value is -2.37. The van der Waals surface area contributed by atoms with E-state index >= 15 is 0 Å². The lowest BCUT2D eigenvalue weighted by Gasteiger charge is -2.24. The van der Waals surface area contributed by atoms with Crippen LogP contribution in [0.5, 0.6) is 5.75 Å². The van der Waals surface area contributed by atoms with Gasteiger partial charge in [0, 0.05) is 36.6 Å². The molecule has 5 heteroatoms. The van der Waals surface area contributed by atoms with E-state index in [4.69, 9.17) is 15.2 Å². The summed E-state index contributed by atoms with van der Waals surface area (Å²) in [5.41, 5.74) is 10.4. The van der Waals surface area contributed by atoms with E-state index in [0.717, 1.165) is 60.6 Å². The highest BCUT2D eigenvalue weighted by Gasteiger charge is 2.65. The van der Waals surface area contributed by atoms with E-state index in [1.54, 1.807) is 0 Å². The van der Waals surface area contributed by atoms with Gasteiger partial charge < -0.3 is 20.5 Å². The Morgan fingerprint density at radius 1 is 1.14 bits per heavy atom. The second-order valence-corrected chi connectivity index (χ2v) is 8.65. The first kappa shape index (κ1) is 18.6. The molecule has 2 saturated carbocycles. The molecule has 1 heterocycles. The van der Waals surface area contributed by atoms with Gasteiger partial charge in [0.1, 0.15) is 11.9 Å². The van der Waals surface area contributed by atoms with Crippen molar-refractivity contribution in [2.45, 2.75) is 44.8 Å². The van der Waals surface area contributed by atoms with Crippen LogP contribution in [-0.4, -0.2) is 25.2 Å². The van der Waals surface area contributed by atoms with Gasteiger partial charge in [-0.1, -0.05) is 18.2 Å². The SMILES string of the molecule is NCc1cc(-c2cccc(NC(=O)C3CC34CC4)c2)ccc1OC1CCOCC1. The Kier molecular flexibility index (Phi) is 4.80. The number of amides is 1. The monoisotopic (exact) mass is 392 g/mol. The van der Waals surface area contributed by atoms with Crippen molar-refractivity contribution in [2.24, 2.45) is 17.1 Å². The maximum Gasteiger partial charge on any atom is 0.228 e. The first-order chi connectivity index (χ1) is 14.2. The number of nitrogens with two attached hydrogens (primary N) is 1. The summed E-state index contributed by atoms with van der Waals surface area (Å²) in [7, 11) is 0. The number of carbonyl (C=O) groups excluding carboxylic acids is 1. The fourth-order valence-electron chi connectivity index (χ4n) is 4.44. The van der Waals surface area contributed by atoms with Gasteiger partial charge >= 0.3 is 0 Å². The minimum Gasteiger partial charge on any atom is -0.490 e. The molecule has 2 aliphatic carbocycles. The van der Waals surface area contributed by atoms with Gasteiger partial charge in [0.25, 0.3) is 0 Å². The molecule has 2 aromatic carbocycles. The summed E-state index contributed by atoms with van der Waals surface area (Å²) in [5.74, 6) is 1.25. The van der Waals surface area contributed by atoms with Crippen LogP contribution in [-0.2, 0) is 16.1 Å². The number of hydrogen-bond donors (Lipinski definition) is 2. The van der Waals surface area contributed by atoms with Crippen molar-refractivity contribution in [3.63, 3.8) is 0 Å². The van der Waals surface area contributed by atoms with Gasteiger partial charge in [0.05, 0.1) is 13.2 Å². The number of anilines is 1. The third kappa shape index (κ3) is 3.89. The zero-order valence-electron chi connectivity index (χ0n) is 16.7. The molecule has 3 aliphatic rings. The molecule has 3 fully saturated rings. The van der Waals surface area contributed by atoms with Crippen LogP contribution in [0, 0.1) is 11.3 Å². The zero-order chi connectivity index (χ0) is 19.8. The molecule has 0 aromatic heterocycles. The van der Waals surface area contributed by atoms with Crippen molar-refractivity contribution < 1.29 is 14.3 Å². The molecular formula is C24H28N2O3. The minimum atomic E-state index is 0.169. The molecular weight excluding hydrogens is 364 g/mol. The number of ether oxygens (including phenoxy) is 2. The van der Waals surface area contributed by atoms with Crippen LogP contribution in [0.15, 0.2) is 42.5 Å². The fraction of sp³-hybridized carbons (Fsp3) is 0.458. The van der Waals surface area contributed by atoms with E-state index in [0.29, 0.717) is 12.0 Å². The molecule has 0 radical (unpaired) electrons. The number of carbonyl (C=O) groups is 1. The van der Waals surface area contributed by atoms with Crippen LogP contribution in [0.2, 0.25) is 0 Å². The summed E-state index contributed by atoms with van der Waals surface area (Å²) < 4.78 is 11.6. The Morgan fingerprint density at radius 2 is 1.93 bits per heavy atom. The van der Waals surface area contributed by atoms with E-state index in [2.05, 4.69) is 23.5 Å². The standard InChI is InChI=1S/C24H28N2O3/c25-15-18-12-17(4-5-22(18)29-20-6-10-28-11-7-20)16-2-1-3-19(13-16)26-23(27)21-14-24(21)8-9-24/h1-5,12-13,20-21H,6-11,14-15,25H2,(H,26,27). The molecule has 1 atom stereocenters. The van der Waals surface area contributed by atoms with Crippen molar-refractivity contribution >= 4 is 11.6 Å². The lowest BCUT2D eigenvalue weighted by Crippen LogP contribution is -2.26. The minimum absolute atomic E-state index is 0.169. The van der Waals surface area contributed by atoms with Gasteiger partial charge in [-0.25, -0.2) is 0 Å². The van der Waals surface area contributed by atoms with Gasteiger partial charge in [0.15, 0.2) is 0 Å². The predicted octanol–water partition coefficient (Wildman–Crippen LogP) is 4.11. The van der Waals surface area contributed by atoms with Crippen LogP contribution in [0.25, 0.3) is 11.1 Å². The largest absolute Gasteiger partial charge is 0.490 e. The molecule has 0 bridgehead atoms. The van der Waals surface area contributed by atoms with E-state index in [-0.39, 0.29) is 17.9 Å². The van der Waals surface area contributed by atoms with E-state index in [1.165, 1.54) is 12.8 Å². The zero-order valence-corrected chi connectivity index (χ0v) is 16.7. The molecule has 5 nitrogen and oxygen atoms in total. The summed E-state index contributed by atoms with van der Waals surface area (Å²) in [4.78, 5) is 12.5. The summed E-state index contributed by atoms with van der Waals surface area (Å²) in [5, 5.41) is 3.10. The molecule has 3 N–H and O–H groups in total. The predicted molar refractivity (Wildman–Crippen MR) is 113 cm³/mol. The first-order valence-electron chi connectivity index (χ1n) is 10.7. The van der Waals surface area contributed by atoms with E-state index < -0.39 is 0 Å². The average molecular weight is 392 g/mol. The van der Waals surface area contributed by atoms with E-state index in [1.807, 2.05) is 24.3 Å². The summed E-state index contributed by atoms with van der Waals surface area (Å²) in [6.07, 6.45) is 5.51. The smallest absolute Gasteiger partial charge is 0.228 e. The van der Waals surface area contributed by atoms with Crippen LogP contribution in [0.1, 0.15) is 37.7 Å². The van der Waals surface area contributed by atoms with Crippen LogP contribution < -0.4 is 15.8 Å². The molecule has 152 valence electrons. The van der Waals surface area contributed by atoms with Gasteiger partial charge in [-0.05, 0) is 60.1 Å². The maximum absolute atomic E-state index is 12.5. The molecule has 5 rings (SSSR count). The van der Waals surface area contributed by atoms with Gasteiger partial charge in [0.2, 0.25) is 5.91 Å². The highest BCUT2D eigenvalue weighted by atomic mass is 16.5. The molecule has 29 heavy (non-hydrogen) atoms. The summed E-state index contributed by atoms with van der Waals surface area (Å²) in [6, 6.07) is 14.2. The highest BCUT2D eigenvalue weighted by molar-refractivity contribution is 5.96. The summed E-state index contributed by atoms with van der Waals surface area (Å²) in [6.45, 7) is 1.93. The number of rotatable bonds is 6. The highest BCUT2D eigenvalue weighted by Crippen LogP contribution is 2.70. The van der Waals surface area contributed by atoms with Gasteiger partial charge in [-0.2, -0.15) is 0 Å². The van der Waals surface area contributed by atoms with Crippen molar-refractivity contribution in [1.82, 2.24) is 0 Å². The summed E-state index contributed by atoms with van der Waals surface area (Å²) >= 11 is 0. The van der Waals surface area contributed by atoms with Crippen molar-refractivity contribution in [1.29, 1.82) is 0 Å². The van der Waals surface area contributed by atoms with E-state index in [9.17, 15) is 4.79 Å². The Bertz CT molecular complexity index is 916. The molecule has 1 spiro atoms. The maximum atomic E-state index is 12.5. The van der Waals surface area contributed by atoms with Crippen LogP contribution in [0.3, 0.4) is 0 Å². The van der Waals surface area contributed by atoms with Crippen molar-refractivity contribution in [3.05, 3.63) is 48.0 Å². The third-order valence-corrected chi connectivity index (χ3v) is 6.60. The van der Waals surface area contributed by atoms with Crippen molar-refractivity contribution in [3.8, 4) is 16.9 Å². The van der Waals surface area contributed by atoms with Gasteiger partial charge in [-0.15, -0.1) is 0 Å². The van der Waals surface area contributed by atoms with Crippen LogP contribution >= 0.6 is 0 Å². The molecule has 1 amide bonds. The average Bonchev–Trinajstić information content (AvgIpc) is 3.68. The second-order valence-electron chi connectivity index (χ2n) is 8.65. The second kappa shape index (κ2) is 7.47. The number of hydrogen-bond acceptors (Lipinski definition) is 4.